The number of nitrogens with zero attached hydrogens (tertiary/aromatic N) is 1. The molecule has 1 heterocycles. The molecule has 0 aliphatic carbocycles. The van der Waals surface area contributed by atoms with Crippen LogP contribution in [-0.2, 0) is 0 Å². The van der Waals surface area contributed by atoms with Gasteiger partial charge >= 0.3 is 6.18 Å². The molecule has 8 heteroatoms. The van der Waals surface area contributed by atoms with Crippen molar-refractivity contribution in [3.8, 4) is 0 Å². The van der Waals surface area contributed by atoms with Crippen molar-refractivity contribution >= 4 is 28.7 Å². The highest BCUT2D eigenvalue weighted by Crippen LogP contribution is 2.19. The SMILES string of the molecule is FC(F)(F)CCNc1n[nH]c(=S)s1. The van der Waals surface area contributed by atoms with Crippen LogP contribution in [0.4, 0.5) is 18.3 Å². The molecule has 0 aliphatic heterocycles. The first kappa shape index (κ1) is 10.5. The summed E-state index contributed by atoms with van der Waals surface area (Å²) in [7, 11) is 0. The molecule has 0 amide bonds. The number of rotatable bonds is 3. The maximum absolute atomic E-state index is 11.7. The topological polar surface area (TPSA) is 40.7 Å². The van der Waals surface area contributed by atoms with E-state index in [1.807, 2.05) is 0 Å². The summed E-state index contributed by atoms with van der Waals surface area (Å²) < 4.78 is 35.5. The molecule has 1 aromatic heterocycles. The van der Waals surface area contributed by atoms with Crippen LogP contribution >= 0.6 is 23.6 Å². The predicted molar refractivity (Wildman–Crippen MR) is 46.5 cm³/mol. The van der Waals surface area contributed by atoms with E-state index < -0.39 is 12.6 Å². The minimum atomic E-state index is -4.13. The van der Waals surface area contributed by atoms with Crippen molar-refractivity contribution in [3.63, 3.8) is 0 Å². The minimum Gasteiger partial charge on any atom is -0.360 e. The molecule has 0 saturated carbocycles. The summed E-state index contributed by atoms with van der Waals surface area (Å²) in [4.78, 5) is 0. The fraction of sp³-hybridized carbons (Fsp3) is 0.600. The Morgan fingerprint density at radius 1 is 1.54 bits per heavy atom. The van der Waals surface area contributed by atoms with Crippen LogP contribution in [0, 0.1) is 3.95 Å². The maximum Gasteiger partial charge on any atom is 0.390 e. The van der Waals surface area contributed by atoms with Gasteiger partial charge in [-0.05, 0) is 12.2 Å². The number of aromatic nitrogens is 2. The van der Waals surface area contributed by atoms with Crippen molar-refractivity contribution < 1.29 is 13.2 Å². The molecule has 0 unspecified atom stereocenters. The summed E-state index contributed by atoms with van der Waals surface area (Å²) >= 11 is 5.80. The van der Waals surface area contributed by atoms with Crippen LogP contribution in [-0.4, -0.2) is 22.9 Å². The van der Waals surface area contributed by atoms with E-state index in [0.29, 0.717) is 9.09 Å². The van der Waals surface area contributed by atoms with Gasteiger partial charge in [0.1, 0.15) is 0 Å². The van der Waals surface area contributed by atoms with Gasteiger partial charge in [0.2, 0.25) is 5.13 Å². The Morgan fingerprint density at radius 2 is 2.23 bits per heavy atom. The van der Waals surface area contributed by atoms with Crippen LogP contribution in [0.25, 0.3) is 0 Å². The average Bonchev–Trinajstić information content (AvgIpc) is 2.33. The first-order chi connectivity index (χ1) is 5.97. The minimum absolute atomic E-state index is 0.181. The molecule has 0 aliphatic rings. The molecule has 74 valence electrons. The van der Waals surface area contributed by atoms with Crippen LogP contribution < -0.4 is 5.32 Å². The number of alkyl halides is 3. The summed E-state index contributed by atoms with van der Waals surface area (Å²) in [6.07, 6.45) is -5.01. The third kappa shape index (κ3) is 4.23. The van der Waals surface area contributed by atoms with Crippen LogP contribution in [0.3, 0.4) is 0 Å². The zero-order chi connectivity index (χ0) is 9.90. The Labute approximate surface area is 81.0 Å². The van der Waals surface area contributed by atoms with E-state index >= 15 is 0 Å². The monoisotopic (exact) mass is 229 g/mol. The van der Waals surface area contributed by atoms with E-state index in [1.54, 1.807) is 0 Å². The van der Waals surface area contributed by atoms with Gasteiger partial charge in [-0.3, -0.25) is 5.10 Å². The second-order valence-corrected chi connectivity index (χ2v) is 3.88. The van der Waals surface area contributed by atoms with E-state index in [4.69, 9.17) is 12.2 Å². The zero-order valence-corrected chi connectivity index (χ0v) is 7.94. The van der Waals surface area contributed by atoms with Crippen molar-refractivity contribution in [1.82, 2.24) is 10.2 Å². The Balaban J connectivity index is 2.32. The van der Waals surface area contributed by atoms with Crippen molar-refractivity contribution in [3.05, 3.63) is 3.95 Å². The number of H-pyrrole nitrogens is 1. The lowest BCUT2D eigenvalue weighted by Crippen LogP contribution is -2.14. The molecule has 0 bridgehead atoms. The number of anilines is 1. The van der Waals surface area contributed by atoms with Gasteiger partial charge in [-0.2, -0.15) is 13.2 Å². The quantitative estimate of drug-likeness (QED) is 0.782. The number of hydrogen-bond acceptors (Lipinski definition) is 4. The number of halogens is 3. The van der Waals surface area contributed by atoms with Gasteiger partial charge < -0.3 is 5.32 Å². The van der Waals surface area contributed by atoms with E-state index in [1.165, 1.54) is 0 Å². The molecule has 1 aromatic rings. The fourth-order valence-electron chi connectivity index (χ4n) is 0.617. The summed E-state index contributed by atoms with van der Waals surface area (Å²) in [5.41, 5.74) is 0. The van der Waals surface area contributed by atoms with Gasteiger partial charge in [0.05, 0.1) is 6.42 Å². The Bertz CT molecular complexity index is 315. The second-order valence-electron chi connectivity index (χ2n) is 2.21. The van der Waals surface area contributed by atoms with Crippen LogP contribution in [0.15, 0.2) is 0 Å². The van der Waals surface area contributed by atoms with E-state index in [-0.39, 0.29) is 6.54 Å². The Hall–Kier alpha value is -0.630. The summed E-state index contributed by atoms with van der Waals surface area (Å²) in [6.45, 7) is -0.181. The lowest BCUT2D eigenvalue weighted by atomic mass is 10.4. The average molecular weight is 229 g/mol. The second kappa shape index (κ2) is 4.05. The number of hydrogen-bond donors (Lipinski definition) is 2. The Kier molecular flexibility index (Phi) is 3.26. The first-order valence-corrected chi connectivity index (χ1v) is 4.56. The van der Waals surface area contributed by atoms with Crippen molar-refractivity contribution in [2.75, 3.05) is 11.9 Å². The summed E-state index contributed by atoms with van der Waals surface area (Å²) in [5.74, 6) is 0. The highest BCUT2D eigenvalue weighted by atomic mass is 32.1. The van der Waals surface area contributed by atoms with Gasteiger partial charge in [0.15, 0.2) is 3.95 Å². The van der Waals surface area contributed by atoms with Gasteiger partial charge in [-0.1, -0.05) is 11.3 Å². The molecular weight excluding hydrogens is 223 g/mol. The highest BCUT2D eigenvalue weighted by molar-refractivity contribution is 7.73. The molecule has 0 fully saturated rings. The largest absolute Gasteiger partial charge is 0.390 e. The molecule has 0 aromatic carbocycles. The normalized spacial score (nSPS) is 11.6. The van der Waals surface area contributed by atoms with E-state index in [2.05, 4.69) is 15.5 Å². The van der Waals surface area contributed by atoms with Crippen LogP contribution in [0.5, 0.6) is 0 Å². The van der Waals surface area contributed by atoms with Crippen molar-refractivity contribution in [2.45, 2.75) is 12.6 Å². The fourth-order valence-corrected chi connectivity index (χ4v) is 1.43. The zero-order valence-electron chi connectivity index (χ0n) is 6.31. The lowest BCUT2D eigenvalue weighted by molar-refractivity contribution is -0.131. The van der Waals surface area contributed by atoms with Gasteiger partial charge in [0, 0.05) is 6.54 Å². The third-order valence-corrected chi connectivity index (χ3v) is 2.17. The first-order valence-electron chi connectivity index (χ1n) is 3.33. The van der Waals surface area contributed by atoms with Crippen LogP contribution in [0.2, 0.25) is 0 Å². The Morgan fingerprint density at radius 3 is 2.69 bits per heavy atom. The standard InChI is InChI=1S/C5H6F3N3S2/c6-5(7,8)1-2-9-3-10-11-4(12)13-3/h1-2H2,(H,9,10)(H,11,12). The van der Waals surface area contributed by atoms with Crippen molar-refractivity contribution in [1.29, 1.82) is 0 Å². The molecule has 2 N–H and O–H groups in total. The van der Waals surface area contributed by atoms with Gasteiger partial charge in [-0.25, -0.2) is 0 Å². The molecule has 0 saturated heterocycles. The van der Waals surface area contributed by atoms with Crippen LogP contribution in [0.1, 0.15) is 6.42 Å². The molecular formula is C5H6F3N3S2. The molecule has 0 radical (unpaired) electrons. The van der Waals surface area contributed by atoms with E-state index in [0.717, 1.165) is 11.3 Å². The van der Waals surface area contributed by atoms with Gasteiger partial charge in [0.25, 0.3) is 0 Å². The maximum atomic E-state index is 11.7. The molecule has 3 nitrogen and oxygen atoms in total. The summed E-state index contributed by atoms with van der Waals surface area (Å²) in [6, 6.07) is 0. The van der Waals surface area contributed by atoms with Crippen molar-refractivity contribution in [2.24, 2.45) is 0 Å². The number of aromatic amines is 1. The smallest absolute Gasteiger partial charge is 0.360 e. The van der Waals surface area contributed by atoms with Gasteiger partial charge in [-0.15, -0.1) is 5.10 Å². The van der Waals surface area contributed by atoms with E-state index in [9.17, 15) is 13.2 Å². The lowest BCUT2D eigenvalue weighted by Gasteiger charge is -2.05. The summed E-state index contributed by atoms with van der Waals surface area (Å²) in [5, 5.41) is 9.00. The highest BCUT2D eigenvalue weighted by Gasteiger charge is 2.26. The molecule has 1 rings (SSSR count). The predicted octanol–water partition coefficient (Wildman–Crippen LogP) is 2.56. The third-order valence-electron chi connectivity index (χ3n) is 1.12. The number of nitrogens with one attached hydrogen (secondary N) is 2. The molecule has 0 spiro atoms. The molecule has 0 atom stereocenters. The molecule has 13 heavy (non-hydrogen) atoms.